The van der Waals surface area contributed by atoms with Crippen LogP contribution in [0.5, 0.6) is 0 Å². The van der Waals surface area contributed by atoms with Crippen LogP contribution >= 0.6 is 0 Å². The van der Waals surface area contributed by atoms with Gasteiger partial charge in [0, 0.05) is 26.4 Å². The molecule has 1 atom stereocenters. The summed E-state index contributed by atoms with van der Waals surface area (Å²) in [7, 11) is 0. The maximum Gasteiger partial charge on any atom is 0.220 e. The number of aliphatic hydroxyl groups is 1. The van der Waals surface area contributed by atoms with Crippen molar-refractivity contribution in [1.29, 1.82) is 0 Å². The topological polar surface area (TPSA) is 78.4 Å². The molecule has 0 aromatic heterocycles. The molecule has 0 bridgehead atoms. The first kappa shape index (κ1) is 14.9. The number of rotatable bonds is 8. The third kappa shape index (κ3) is 11.0. The molecule has 0 spiro atoms. The number of carbonyl (C=O) groups is 2. The summed E-state index contributed by atoms with van der Waals surface area (Å²) in [5.41, 5.74) is 0. The van der Waals surface area contributed by atoms with Crippen molar-refractivity contribution >= 4 is 11.8 Å². The number of nitrogens with one attached hydrogen (secondary N) is 2. The second-order valence-electron chi connectivity index (χ2n) is 3.95. The predicted octanol–water partition coefficient (Wildman–Crippen LogP) is 0.180. The van der Waals surface area contributed by atoms with Crippen LogP contribution in [0.25, 0.3) is 0 Å². The minimum Gasteiger partial charge on any atom is -0.392 e. The van der Waals surface area contributed by atoms with Gasteiger partial charge in [0.15, 0.2) is 0 Å². The molecule has 0 rings (SSSR count). The van der Waals surface area contributed by atoms with Crippen molar-refractivity contribution < 1.29 is 14.7 Å². The maximum absolute atomic E-state index is 11.2. The lowest BCUT2D eigenvalue weighted by atomic mass is 10.2. The van der Waals surface area contributed by atoms with Gasteiger partial charge in [-0.25, -0.2) is 0 Å². The third-order valence-electron chi connectivity index (χ3n) is 2.05. The number of aliphatic hydroxyl groups excluding tert-OH is 1. The summed E-state index contributed by atoms with van der Waals surface area (Å²) < 4.78 is 0. The molecule has 0 unspecified atom stereocenters. The van der Waals surface area contributed by atoms with Crippen LogP contribution in [0, 0.1) is 0 Å². The summed E-state index contributed by atoms with van der Waals surface area (Å²) in [6, 6.07) is 0. The number of amides is 2. The van der Waals surface area contributed by atoms with E-state index >= 15 is 0 Å². The Bertz CT molecular complexity index is 217. The maximum atomic E-state index is 11.2. The molecule has 0 fully saturated rings. The van der Waals surface area contributed by atoms with Crippen molar-refractivity contribution in [1.82, 2.24) is 10.6 Å². The molecule has 0 aromatic carbocycles. The summed E-state index contributed by atoms with van der Waals surface area (Å²) in [6.07, 6.45) is 2.60. The average molecular weight is 230 g/mol. The molecule has 0 aliphatic rings. The first-order chi connectivity index (χ1) is 7.52. The van der Waals surface area contributed by atoms with Crippen molar-refractivity contribution in [3.8, 4) is 0 Å². The van der Waals surface area contributed by atoms with Gasteiger partial charge >= 0.3 is 0 Å². The molecular weight excluding hydrogens is 208 g/mol. The number of hydrogen-bond acceptors (Lipinski definition) is 3. The highest BCUT2D eigenvalue weighted by Crippen LogP contribution is 1.98. The Morgan fingerprint density at radius 2 is 1.88 bits per heavy atom. The van der Waals surface area contributed by atoms with Crippen molar-refractivity contribution in [2.75, 3.05) is 13.1 Å². The highest BCUT2D eigenvalue weighted by atomic mass is 16.3. The van der Waals surface area contributed by atoms with Gasteiger partial charge < -0.3 is 15.7 Å². The van der Waals surface area contributed by atoms with Gasteiger partial charge in [0.25, 0.3) is 0 Å². The fourth-order valence-corrected chi connectivity index (χ4v) is 1.20. The van der Waals surface area contributed by atoms with Crippen LogP contribution in [0.15, 0.2) is 0 Å². The standard InChI is InChI=1S/C11H22N2O3/c1-9(14)8-13-11(16)6-4-3-5-7-12-10(2)15/h9,14H,3-8H2,1-2H3,(H,12,15)(H,13,16)/t9-/m1/s1. The van der Waals surface area contributed by atoms with E-state index in [4.69, 9.17) is 5.11 Å². The second kappa shape index (κ2) is 9.15. The van der Waals surface area contributed by atoms with Crippen LogP contribution in [-0.4, -0.2) is 36.1 Å². The van der Waals surface area contributed by atoms with E-state index in [1.807, 2.05) is 0 Å². The molecule has 3 N–H and O–H groups in total. The van der Waals surface area contributed by atoms with Crippen LogP contribution in [0.2, 0.25) is 0 Å². The smallest absolute Gasteiger partial charge is 0.220 e. The molecule has 94 valence electrons. The third-order valence-corrected chi connectivity index (χ3v) is 2.05. The minimum atomic E-state index is -0.497. The Morgan fingerprint density at radius 1 is 1.19 bits per heavy atom. The number of carbonyl (C=O) groups excluding carboxylic acids is 2. The molecule has 2 amide bonds. The van der Waals surface area contributed by atoms with Gasteiger partial charge in [-0.2, -0.15) is 0 Å². The monoisotopic (exact) mass is 230 g/mol. The van der Waals surface area contributed by atoms with Crippen molar-refractivity contribution in [3.63, 3.8) is 0 Å². The zero-order valence-corrected chi connectivity index (χ0v) is 10.1. The van der Waals surface area contributed by atoms with E-state index in [1.165, 1.54) is 6.92 Å². The Morgan fingerprint density at radius 3 is 2.44 bits per heavy atom. The fraction of sp³-hybridized carbons (Fsp3) is 0.818. The Hall–Kier alpha value is -1.10. The first-order valence-electron chi connectivity index (χ1n) is 5.71. The van der Waals surface area contributed by atoms with E-state index in [2.05, 4.69) is 10.6 Å². The highest BCUT2D eigenvalue weighted by molar-refractivity contribution is 5.75. The van der Waals surface area contributed by atoms with E-state index in [0.29, 0.717) is 19.5 Å². The van der Waals surface area contributed by atoms with Gasteiger partial charge in [-0.1, -0.05) is 6.42 Å². The lowest BCUT2D eigenvalue weighted by Crippen LogP contribution is -2.30. The zero-order chi connectivity index (χ0) is 12.4. The second-order valence-corrected chi connectivity index (χ2v) is 3.95. The summed E-state index contributed by atoms with van der Waals surface area (Å²) >= 11 is 0. The lowest BCUT2D eigenvalue weighted by molar-refractivity contribution is -0.122. The molecule has 5 heteroatoms. The van der Waals surface area contributed by atoms with E-state index < -0.39 is 6.10 Å². The quantitative estimate of drug-likeness (QED) is 0.520. The summed E-state index contributed by atoms with van der Waals surface area (Å²) in [5, 5.41) is 14.3. The molecule has 5 nitrogen and oxygen atoms in total. The van der Waals surface area contributed by atoms with Gasteiger partial charge in [-0.15, -0.1) is 0 Å². The minimum absolute atomic E-state index is 0.0188. The zero-order valence-electron chi connectivity index (χ0n) is 10.1. The van der Waals surface area contributed by atoms with Gasteiger partial charge in [0.05, 0.1) is 6.10 Å². The van der Waals surface area contributed by atoms with Crippen LogP contribution < -0.4 is 10.6 Å². The van der Waals surface area contributed by atoms with Crippen molar-refractivity contribution in [3.05, 3.63) is 0 Å². The van der Waals surface area contributed by atoms with Crippen LogP contribution in [0.3, 0.4) is 0 Å². The first-order valence-corrected chi connectivity index (χ1v) is 5.71. The van der Waals surface area contributed by atoms with Crippen LogP contribution in [0.1, 0.15) is 39.5 Å². The molecule has 16 heavy (non-hydrogen) atoms. The Labute approximate surface area is 96.6 Å². The van der Waals surface area contributed by atoms with Gasteiger partial charge in [0.1, 0.15) is 0 Å². The predicted molar refractivity (Wildman–Crippen MR) is 61.8 cm³/mol. The molecule has 0 radical (unpaired) electrons. The van der Waals surface area contributed by atoms with Gasteiger partial charge in [-0.3, -0.25) is 9.59 Å². The molecule has 0 saturated carbocycles. The average Bonchev–Trinajstić information content (AvgIpc) is 2.19. The summed E-state index contributed by atoms with van der Waals surface area (Å²) in [4.78, 5) is 21.7. The largest absolute Gasteiger partial charge is 0.392 e. The normalized spacial score (nSPS) is 11.9. The highest BCUT2D eigenvalue weighted by Gasteiger charge is 2.02. The Kier molecular flexibility index (Phi) is 8.52. The lowest BCUT2D eigenvalue weighted by Gasteiger charge is -2.06. The van der Waals surface area contributed by atoms with E-state index in [9.17, 15) is 9.59 Å². The summed E-state index contributed by atoms with van der Waals surface area (Å²) in [6.45, 7) is 4.10. The van der Waals surface area contributed by atoms with Crippen molar-refractivity contribution in [2.45, 2.75) is 45.6 Å². The molecule has 0 aromatic rings. The van der Waals surface area contributed by atoms with Crippen molar-refractivity contribution in [2.24, 2.45) is 0 Å². The fourth-order valence-electron chi connectivity index (χ4n) is 1.20. The van der Waals surface area contributed by atoms with Gasteiger partial charge in [0.2, 0.25) is 11.8 Å². The van der Waals surface area contributed by atoms with Gasteiger partial charge in [-0.05, 0) is 19.8 Å². The summed E-state index contributed by atoms with van der Waals surface area (Å²) in [5.74, 6) is -0.0462. The number of hydrogen-bond donors (Lipinski definition) is 3. The van der Waals surface area contributed by atoms with E-state index in [0.717, 1.165) is 19.3 Å². The van der Waals surface area contributed by atoms with E-state index in [1.54, 1.807) is 6.92 Å². The molecular formula is C11H22N2O3. The molecule has 0 saturated heterocycles. The Balaban J connectivity index is 3.24. The van der Waals surface area contributed by atoms with Crippen LogP contribution in [0.4, 0.5) is 0 Å². The van der Waals surface area contributed by atoms with Crippen LogP contribution in [-0.2, 0) is 9.59 Å². The van der Waals surface area contributed by atoms with E-state index in [-0.39, 0.29) is 11.8 Å². The molecule has 0 heterocycles. The molecule has 0 aliphatic heterocycles. The number of unbranched alkanes of at least 4 members (excludes halogenated alkanes) is 2. The SMILES string of the molecule is CC(=O)NCCCCCC(=O)NC[C@@H](C)O. The molecule has 0 aliphatic carbocycles.